The van der Waals surface area contributed by atoms with Gasteiger partial charge in [-0.1, -0.05) is 31.5 Å². The predicted molar refractivity (Wildman–Crippen MR) is 104 cm³/mol. The number of carbonyl (C=O) groups is 2. The highest BCUT2D eigenvalue weighted by Crippen LogP contribution is 2.25. The Hall–Kier alpha value is -2.90. The van der Waals surface area contributed by atoms with Crippen LogP contribution in [-0.2, 0) is 0 Å². The molecule has 3 N–H and O–H groups in total. The topological polar surface area (TPSA) is 87.7 Å². The third-order valence-corrected chi connectivity index (χ3v) is 5.10. The molecule has 0 aliphatic heterocycles. The number of nitrogens with one attached hydrogen (secondary N) is 2. The van der Waals surface area contributed by atoms with E-state index in [-0.39, 0.29) is 5.91 Å². The van der Waals surface area contributed by atoms with E-state index >= 15 is 0 Å². The number of hydrogen-bond donors (Lipinski definition) is 3. The quantitative estimate of drug-likeness (QED) is 0.327. The van der Waals surface area contributed by atoms with Gasteiger partial charge in [-0.05, 0) is 41.8 Å². The highest BCUT2D eigenvalue weighted by molar-refractivity contribution is 7.20. The molecule has 6 nitrogen and oxygen atoms in total. The zero-order chi connectivity index (χ0) is 19.2. The van der Waals surface area contributed by atoms with E-state index in [0.29, 0.717) is 22.6 Å². The maximum absolute atomic E-state index is 12.6. The summed E-state index contributed by atoms with van der Waals surface area (Å²) in [5, 5.41) is 12.6. The summed E-state index contributed by atoms with van der Waals surface area (Å²) >= 11 is 1.44. The molecule has 3 aromatic rings. The average molecular weight is 384 g/mol. The second-order valence-corrected chi connectivity index (χ2v) is 7.07. The Morgan fingerprint density at radius 1 is 1.11 bits per heavy atom. The number of carbonyl (C=O) groups excluding carboxylic acids is 2. The maximum atomic E-state index is 12.6. The summed E-state index contributed by atoms with van der Waals surface area (Å²) in [7, 11) is 0. The molecule has 0 radical (unpaired) electrons. The van der Waals surface area contributed by atoms with E-state index in [4.69, 9.17) is 9.94 Å². The molecule has 1 aromatic heterocycles. The monoisotopic (exact) mass is 384 g/mol. The second-order valence-electron chi connectivity index (χ2n) is 5.98. The van der Waals surface area contributed by atoms with E-state index < -0.39 is 12.1 Å². The lowest BCUT2D eigenvalue weighted by atomic mass is 10.2. The Morgan fingerprint density at radius 3 is 2.52 bits per heavy atom. The van der Waals surface area contributed by atoms with Gasteiger partial charge in [-0.25, -0.2) is 5.48 Å². The zero-order valence-corrected chi connectivity index (χ0v) is 15.6. The maximum Gasteiger partial charge on any atom is 0.274 e. The molecular formula is C20H20N2O4S. The van der Waals surface area contributed by atoms with Crippen LogP contribution >= 0.6 is 11.3 Å². The fourth-order valence-corrected chi connectivity index (χ4v) is 3.61. The third kappa shape index (κ3) is 4.64. The number of thiophene rings is 1. The fourth-order valence-electron chi connectivity index (χ4n) is 2.65. The molecule has 0 saturated carbocycles. The summed E-state index contributed by atoms with van der Waals surface area (Å²) < 4.78 is 6.93. The summed E-state index contributed by atoms with van der Waals surface area (Å²) in [5.74, 6) is -0.241. The van der Waals surface area contributed by atoms with Crippen LogP contribution < -0.4 is 15.5 Å². The van der Waals surface area contributed by atoms with Crippen LogP contribution in [0.4, 0.5) is 0 Å². The van der Waals surface area contributed by atoms with E-state index in [1.54, 1.807) is 17.6 Å². The molecular weight excluding hydrogens is 364 g/mol. The lowest BCUT2D eigenvalue weighted by molar-refractivity contribution is 0.0706. The van der Waals surface area contributed by atoms with Crippen LogP contribution in [0.3, 0.4) is 0 Å². The lowest BCUT2D eigenvalue weighted by Gasteiger charge is -2.19. The summed E-state index contributed by atoms with van der Waals surface area (Å²) in [6.07, 6.45) is 1.00. The van der Waals surface area contributed by atoms with Crippen molar-refractivity contribution in [3.05, 3.63) is 65.0 Å². The first-order valence-electron chi connectivity index (χ1n) is 8.61. The highest BCUT2D eigenvalue weighted by Gasteiger charge is 2.17. The third-order valence-electron chi connectivity index (χ3n) is 3.99. The van der Waals surface area contributed by atoms with Crippen molar-refractivity contribution in [1.82, 2.24) is 10.8 Å². The van der Waals surface area contributed by atoms with Crippen molar-refractivity contribution in [3.63, 3.8) is 0 Å². The van der Waals surface area contributed by atoms with Gasteiger partial charge in [0.2, 0.25) is 0 Å². The van der Waals surface area contributed by atoms with Crippen LogP contribution in [0.5, 0.6) is 5.75 Å². The molecule has 0 fully saturated rings. The summed E-state index contributed by atoms with van der Waals surface area (Å²) in [6.45, 7) is 2.01. The lowest BCUT2D eigenvalue weighted by Crippen LogP contribution is -2.38. The number of fused-ring (bicyclic) bond motifs is 1. The number of ether oxygens (including phenoxy) is 1. The highest BCUT2D eigenvalue weighted by atomic mass is 32.1. The first-order chi connectivity index (χ1) is 13.1. The van der Waals surface area contributed by atoms with Crippen LogP contribution in [0, 0.1) is 0 Å². The number of hydroxylamine groups is 1. The first kappa shape index (κ1) is 18.9. The second kappa shape index (κ2) is 8.66. The number of benzene rings is 2. The van der Waals surface area contributed by atoms with Crippen molar-refractivity contribution in [2.75, 3.05) is 0 Å². The Balaban J connectivity index is 1.69. The van der Waals surface area contributed by atoms with Gasteiger partial charge < -0.3 is 10.1 Å². The molecule has 2 amide bonds. The molecule has 0 saturated heterocycles. The largest absolute Gasteiger partial charge is 0.471 e. The van der Waals surface area contributed by atoms with E-state index in [1.807, 2.05) is 37.3 Å². The van der Waals surface area contributed by atoms with Crippen molar-refractivity contribution < 1.29 is 19.5 Å². The van der Waals surface area contributed by atoms with E-state index in [0.717, 1.165) is 16.5 Å². The van der Waals surface area contributed by atoms with Crippen LogP contribution in [0.25, 0.3) is 10.1 Å². The molecule has 2 aromatic carbocycles. The normalized spacial score (nSPS) is 11.8. The molecule has 0 spiro atoms. The van der Waals surface area contributed by atoms with Crippen molar-refractivity contribution in [2.45, 2.75) is 26.0 Å². The molecule has 0 aliphatic rings. The van der Waals surface area contributed by atoms with Crippen molar-refractivity contribution in [3.8, 4) is 5.75 Å². The molecule has 27 heavy (non-hydrogen) atoms. The van der Waals surface area contributed by atoms with Gasteiger partial charge in [0.1, 0.15) is 5.75 Å². The van der Waals surface area contributed by atoms with Crippen LogP contribution in [0.15, 0.2) is 54.6 Å². The molecule has 1 atom stereocenters. The summed E-state index contributed by atoms with van der Waals surface area (Å²) in [5.41, 5.74) is 1.89. The Morgan fingerprint density at radius 2 is 1.85 bits per heavy atom. The van der Waals surface area contributed by atoms with Gasteiger partial charge in [0.25, 0.3) is 11.8 Å². The number of rotatable bonds is 7. The minimum absolute atomic E-state index is 0.175. The zero-order valence-electron chi connectivity index (χ0n) is 14.8. The van der Waals surface area contributed by atoms with Crippen LogP contribution in [0.2, 0.25) is 0 Å². The Bertz CT molecular complexity index is 904. The van der Waals surface area contributed by atoms with Gasteiger partial charge in [-0.15, -0.1) is 11.3 Å². The molecule has 1 heterocycles. The van der Waals surface area contributed by atoms with E-state index in [2.05, 4.69) is 5.32 Å². The predicted octanol–water partition coefficient (Wildman–Crippen LogP) is 3.96. The van der Waals surface area contributed by atoms with Crippen molar-refractivity contribution >= 4 is 33.2 Å². The van der Waals surface area contributed by atoms with Gasteiger partial charge in [0.15, 0.2) is 6.23 Å². The number of amides is 2. The smallest absolute Gasteiger partial charge is 0.274 e. The number of hydrogen-bond acceptors (Lipinski definition) is 5. The van der Waals surface area contributed by atoms with Crippen LogP contribution in [0.1, 0.15) is 39.8 Å². The molecule has 140 valence electrons. The minimum atomic E-state index is -0.593. The Labute approximate surface area is 160 Å². The van der Waals surface area contributed by atoms with Crippen molar-refractivity contribution in [2.24, 2.45) is 0 Å². The van der Waals surface area contributed by atoms with Crippen molar-refractivity contribution in [1.29, 1.82) is 0 Å². The van der Waals surface area contributed by atoms with Gasteiger partial charge >= 0.3 is 0 Å². The molecule has 0 aliphatic carbocycles. The van der Waals surface area contributed by atoms with Crippen LogP contribution in [-0.4, -0.2) is 23.2 Å². The van der Waals surface area contributed by atoms with Gasteiger partial charge in [-0.3, -0.25) is 14.8 Å². The summed E-state index contributed by atoms with van der Waals surface area (Å²) in [4.78, 5) is 24.6. The average Bonchev–Trinajstić information content (AvgIpc) is 3.12. The SMILES string of the molecule is CCCC(NC(=O)c1cc2ccccc2s1)Oc1ccc(C(=O)NO)cc1. The van der Waals surface area contributed by atoms with Gasteiger partial charge in [0, 0.05) is 16.7 Å². The molecule has 0 bridgehead atoms. The standard InChI is InChI=1S/C20H20N2O4S/c1-2-5-18(26-15-10-8-13(9-11-15)19(23)22-25)21-20(24)17-12-14-6-3-4-7-16(14)27-17/h3-4,6-12,18,25H,2,5H2,1H3,(H,21,24)(H,22,23). The minimum Gasteiger partial charge on any atom is -0.471 e. The van der Waals surface area contributed by atoms with Gasteiger partial charge in [-0.2, -0.15) is 0 Å². The molecule has 3 rings (SSSR count). The first-order valence-corrected chi connectivity index (χ1v) is 9.43. The van der Waals surface area contributed by atoms with E-state index in [1.165, 1.54) is 23.5 Å². The van der Waals surface area contributed by atoms with E-state index in [9.17, 15) is 9.59 Å². The molecule has 1 unspecified atom stereocenters. The van der Waals surface area contributed by atoms with Gasteiger partial charge in [0.05, 0.1) is 4.88 Å². The Kier molecular flexibility index (Phi) is 6.05. The molecule has 7 heteroatoms. The summed E-state index contributed by atoms with van der Waals surface area (Å²) in [6, 6.07) is 16.1. The fraction of sp³-hybridized carbons (Fsp3) is 0.200.